The van der Waals surface area contributed by atoms with Crippen LogP contribution in [-0.4, -0.2) is 31.2 Å². The van der Waals surface area contributed by atoms with Gasteiger partial charge in [-0.25, -0.2) is 19.7 Å². The van der Waals surface area contributed by atoms with Crippen molar-refractivity contribution in [3.8, 4) is 11.4 Å². The van der Waals surface area contributed by atoms with Crippen molar-refractivity contribution in [2.75, 3.05) is 4.90 Å². The fourth-order valence-electron chi connectivity index (χ4n) is 2.01. The molecule has 0 atom stereocenters. The number of nitrogens with zero attached hydrogens (tertiary/aromatic N) is 6. The van der Waals surface area contributed by atoms with E-state index in [9.17, 15) is 4.79 Å². The molecular weight excluding hydrogens is 282 g/mol. The van der Waals surface area contributed by atoms with E-state index in [0.29, 0.717) is 22.8 Å². The maximum Gasteiger partial charge on any atom is 0.323 e. The maximum absolute atomic E-state index is 11.9. The van der Waals surface area contributed by atoms with Crippen LogP contribution in [0.2, 0.25) is 0 Å². The Labute approximate surface area is 125 Å². The van der Waals surface area contributed by atoms with E-state index in [0.717, 1.165) is 0 Å². The first kappa shape index (κ1) is 13.6. The van der Waals surface area contributed by atoms with E-state index in [1.807, 2.05) is 18.2 Å². The van der Waals surface area contributed by atoms with Gasteiger partial charge in [0.05, 0.1) is 29.3 Å². The van der Waals surface area contributed by atoms with Gasteiger partial charge < -0.3 is 5.73 Å². The average molecular weight is 293 g/mol. The summed E-state index contributed by atoms with van der Waals surface area (Å²) in [6, 6.07) is 8.35. The molecule has 2 amide bonds. The number of hydrogen-bond acceptors (Lipinski definition) is 6. The Bertz CT molecular complexity index is 779. The fourth-order valence-corrected chi connectivity index (χ4v) is 2.01. The highest BCUT2D eigenvalue weighted by Crippen LogP contribution is 2.31. The first-order chi connectivity index (χ1) is 10.8. The van der Waals surface area contributed by atoms with Gasteiger partial charge in [0, 0.05) is 0 Å². The minimum atomic E-state index is -0.644. The second-order valence-electron chi connectivity index (χ2n) is 4.26. The number of rotatable bonds is 3. The summed E-state index contributed by atoms with van der Waals surface area (Å²) in [5.41, 5.74) is 7.12. The molecule has 0 radical (unpaired) electrons. The van der Waals surface area contributed by atoms with Gasteiger partial charge in [-0.15, -0.1) is 0 Å². The largest absolute Gasteiger partial charge is 0.351 e. The molecule has 3 aromatic rings. The van der Waals surface area contributed by atoms with Crippen molar-refractivity contribution in [2.45, 2.75) is 0 Å². The van der Waals surface area contributed by atoms with Gasteiger partial charge in [0.25, 0.3) is 0 Å². The van der Waals surface area contributed by atoms with E-state index in [4.69, 9.17) is 5.73 Å². The quantitative estimate of drug-likeness (QED) is 0.784. The molecule has 0 saturated carbocycles. The molecule has 2 aromatic heterocycles. The summed E-state index contributed by atoms with van der Waals surface area (Å²) in [5, 5.41) is 7.66. The van der Waals surface area contributed by atoms with E-state index in [-0.39, 0.29) is 0 Å². The lowest BCUT2D eigenvalue weighted by atomic mass is 10.2. The van der Waals surface area contributed by atoms with Crippen LogP contribution in [0.5, 0.6) is 0 Å². The molecule has 22 heavy (non-hydrogen) atoms. The molecule has 0 aliphatic heterocycles. The molecule has 0 aliphatic carbocycles. The number of nitrogens with two attached hydrogens (primary N) is 1. The third-order valence-electron chi connectivity index (χ3n) is 2.92. The van der Waals surface area contributed by atoms with Gasteiger partial charge in [0.1, 0.15) is 12.7 Å². The van der Waals surface area contributed by atoms with E-state index in [2.05, 4.69) is 25.1 Å². The summed E-state index contributed by atoms with van der Waals surface area (Å²) < 4.78 is 0. The van der Waals surface area contributed by atoms with Crippen LogP contribution < -0.4 is 10.6 Å². The van der Waals surface area contributed by atoms with Gasteiger partial charge >= 0.3 is 6.03 Å². The molecule has 0 saturated heterocycles. The fraction of sp³-hybridized carbons (Fsp3) is 0. The van der Waals surface area contributed by atoms with Crippen LogP contribution >= 0.6 is 0 Å². The number of amides is 2. The Kier molecular flexibility index (Phi) is 3.65. The van der Waals surface area contributed by atoms with Crippen molar-refractivity contribution in [2.24, 2.45) is 5.73 Å². The summed E-state index contributed by atoms with van der Waals surface area (Å²) in [6.07, 6.45) is 5.65. The molecule has 8 heteroatoms. The number of urea groups is 1. The minimum Gasteiger partial charge on any atom is -0.351 e. The highest BCUT2D eigenvalue weighted by Gasteiger charge is 2.20. The number of carbonyl (C=O) groups is 1. The van der Waals surface area contributed by atoms with Crippen molar-refractivity contribution in [1.29, 1.82) is 0 Å². The summed E-state index contributed by atoms with van der Waals surface area (Å²) >= 11 is 0. The Morgan fingerprint density at radius 2 is 1.68 bits per heavy atom. The minimum absolute atomic E-state index is 0.377. The molecule has 0 fully saturated rings. The lowest BCUT2D eigenvalue weighted by molar-refractivity contribution is 0.256. The van der Waals surface area contributed by atoms with Gasteiger partial charge in [-0.2, -0.15) is 10.2 Å². The van der Waals surface area contributed by atoms with E-state index in [1.54, 1.807) is 12.1 Å². The maximum atomic E-state index is 11.9. The number of primary amides is 1. The Morgan fingerprint density at radius 1 is 1.00 bits per heavy atom. The van der Waals surface area contributed by atoms with E-state index in [1.165, 1.54) is 29.9 Å². The van der Waals surface area contributed by atoms with Crippen molar-refractivity contribution >= 4 is 17.4 Å². The van der Waals surface area contributed by atoms with Crippen molar-refractivity contribution < 1.29 is 4.79 Å². The summed E-state index contributed by atoms with van der Waals surface area (Å²) in [4.78, 5) is 25.2. The molecule has 0 unspecified atom stereocenters. The normalized spacial score (nSPS) is 10.2. The van der Waals surface area contributed by atoms with Crippen LogP contribution in [0.25, 0.3) is 11.4 Å². The second-order valence-corrected chi connectivity index (χ2v) is 4.26. The molecule has 3 rings (SSSR count). The zero-order chi connectivity index (χ0) is 15.4. The van der Waals surface area contributed by atoms with Crippen LogP contribution in [0, 0.1) is 0 Å². The second kappa shape index (κ2) is 5.92. The lowest BCUT2D eigenvalue weighted by Crippen LogP contribution is -2.32. The lowest BCUT2D eigenvalue weighted by Gasteiger charge is -2.21. The zero-order valence-electron chi connectivity index (χ0n) is 11.4. The van der Waals surface area contributed by atoms with Crippen molar-refractivity contribution in [3.63, 3.8) is 0 Å². The van der Waals surface area contributed by atoms with Gasteiger partial charge in [-0.05, 0) is 12.1 Å². The van der Waals surface area contributed by atoms with Crippen LogP contribution in [0.4, 0.5) is 16.2 Å². The van der Waals surface area contributed by atoms with Crippen LogP contribution in [0.3, 0.4) is 0 Å². The summed E-state index contributed by atoms with van der Waals surface area (Å²) in [6.45, 7) is 0. The van der Waals surface area contributed by atoms with Gasteiger partial charge in [-0.3, -0.25) is 4.90 Å². The smallest absolute Gasteiger partial charge is 0.323 e. The Balaban J connectivity index is 2.16. The summed E-state index contributed by atoms with van der Waals surface area (Å²) in [7, 11) is 0. The van der Waals surface area contributed by atoms with Gasteiger partial charge in [0.15, 0.2) is 5.82 Å². The van der Waals surface area contributed by atoms with Crippen molar-refractivity contribution in [1.82, 2.24) is 25.1 Å². The first-order valence-corrected chi connectivity index (χ1v) is 6.35. The molecule has 2 heterocycles. The highest BCUT2D eigenvalue weighted by molar-refractivity contribution is 6.01. The number of benzene rings is 1. The number of anilines is 2. The molecule has 108 valence electrons. The standard InChI is InChI=1S/C14H11N7O/c15-14(22)21(10-4-2-1-3-5-10)12-7-20-19-6-11(12)13-17-8-16-9-18-13/h1-9H,(H2,15,22). The average Bonchev–Trinajstić information content (AvgIpc) is 2.57. The van der Waals surface area contributed by atoms with Crippen LogP contribution in [0.15, 0.2) is 55.4 Å². The van der Waals surface area contributed by atoms with Gasteiger partial charge in [0.2, 0.25) is 0 Å². The molecule has 1 aromatic carbocycles. The van der Waals surface area contributed by atoms with Gasteiger partial charge in [-0.1, -0.05) is 18.2 Å². The molecule has 2 N–H and O–H groups in total. The zero-order valence-corrected chi connectivity index (χ0v) is 11.4. The van der Waals surface area contributed by atoms with E-state index >= 15 is 0 Å². The highest BCUT2D eigenvalue weighted by atomic mass is 16.2. The Hall–Kier alpha value is -3.42. The van der Waals surface area contributed by atoms with E-state index < -0.39 is 6.03 Å². The molecule has 0 aliphatic rings. The molecule has 0 spiro atoms. The molecule has 8 nitrogen and oxygen atoms in total. The number of hydrogen-bond donors (Lipinski definition) is 1. The number of carbonyl (C=O) groups excluding carboxylic acids is 1. The van der Waals surface area contributed by atoms with Crippen LogP contribution in [-0.2, 0) is 0 Å². The Morgan fingerprint density at radius 3 is 2.36 bits per heavy atom. The SMILES string of the molecule is NC(=O)N(c1ccccc1)c1cnncc1-c1ncncn1. The predicted molar refractivity (Wildman–Crippen MR) is 79.0 cm³/mol. The van der Waals surface area contributed by atoms with Crippen molar-refractivity contribution in [3.05, 3.63) is 55.4 Å². The number of para-hydroxylation sites is 1. The third kappa shape index (κ3) is 2.57. The predicted octanol–water partition coefficient (Wildman–Crippen LogP) is 1.55. The third-order valence-corrected chi connectivity index (χ3v) is 2.92. The topological polar surface area (TPSA) is 111 Å². The first-order valence-electron chi connectivity index (χ1n) is 6.35. The number of aromatic nitrogens is 5. The molecule has 0 bridgehead atoms. The summed E-state index contributed by atoms with van der Waals surface area (Å²) in [5.74, 6) is 0.377. The molecular formula is C14H11N7O. The van der Waals surface area contributed by atoms with Crippen LogP contribution in [0.1, 0.15) is 0 Å². The monoisotopic (exact) mass is 293 g/mol.